The van der Waals surface area contributed by atoms with E-state index in [0.29, 0.717) is 24.0 Å². The van der Waals surface area contributed by atoms with Crippen molar-refractivity contribution in [1.82, 2.24) is 5.32 Å². The predicted octanol–water partition coefficient (Wildman–Crippen LogP) is 2.59. The normalized spacial score (nSPS) is 12.0. The number of hydrogen-bond donors (Lipinski definition) is 3. The molecule has 0 aliphatic rings. The van der Waals surface area contributed by atoms with E-state index in [0.717, 1.165) is 0 Å². The molecule has 0 spiro atoms. The summed E-state index contributed by atoms with van der Waals surface area (Å²) in [5.41, 5.74) is -1.79. The molecule has 0 atom stereocenters. The van der Waals surface area contributed by atoms with Crippen molar-refractivity contribution in [3.63, 3.8) is 0 Å². The number of carbonyl (C=O) groups excluding carboxylic acids is 1. The molecular weight excluding hydrogens is 302 g/mol. The zero-order valence-corrected chi connectivity index (χ0v) is 14.2. The first kappa shape index (κ1) is 18.2. The Hall–Kier alpha value is -2.17. The Morgan fingerprint density at radius 1 is 0.875 bits per heavy atom. The SMILES string of the molecule is CCC(O)(CC)CNC(=O)C(O)(c1ccccc1)c1ccccc1. The summed E-state index contributed by atoms with van der Waals surface area (Å²) >= 11 is 0. The first-order valence-corrected chi connectivity index (χ1v) is 8.30. The molecule has 128 valence electrons. The first-order valence-electron chi connectivity index (χ1n) is 8.30. The lowest BCUT2D eigenvalue weighted by atomic mass is 9.85. The van der Waals surface area contributed by atoms with Crippen LogP contribution in [0.3, 0.4) is 0 Å². The number of hydrogen-bond acceptors (Lipinski definition) is 3. The fraction of sp³-hybridized carbons (Fsp3) is 0.350. The quantitative estimate of drug-likeness (QED) is 0.732. The van der Waals surface area contributed by atoms with Crippen molar-refractivity contribution in [3.05, 3.63) is 71.8 Å². The highest BCUT2D eigenvalue weighted by molar-refractivity contribution is 5.90. The molecule has 0 unspecified atom stereocenters. The number of aliphatic hydroxyl groups is 2. The van der Waals surface area contributed by atoms with Gasteiger partial charge in [0, 0.05) is 6.54 Å². The Labute approximate surface area is 143 Å². The van der Waals surface area contributed by atoms with E-state index in [9.17, 15) is 15.0 Å². The van der Waals surface area contributed by atoms with Crippen LogP contribution in [0.4, 0.5) is 0 Å². The molecule has 0 aliphatic heterocycles. The summed E-state index contributed by atoms with van der Waals surface area (Å²) in [5, 5.41) is 24.4. The van der Waals surface area contributed by atoms with E-state index < -0.39 is 17.1 Å². The third-order valence-electron chi connectivity index (χ3n) is 4.61. The van der Waals surface area contributed by atoms with Gasteiger partial charge in [0.15, 0.2) is 5.60 Å². The monoisotopic (exact) mass is 327 g/mol. The van der Waals surface area contributed by atoms with E-state index in [2.05, 4.69) is 5.32 Å². The van der Waals surface area contributed by atoms with Gasteiger partial charge >= 0.3 is 0 Å². The van der Waals surface area contributed by atoms with E-state index in [1.165, 1.54) is 0 Å². The molecule has 3 N–H and O–H groups in total. The van der Waals surface area contributed by atoms with Gasteiger partial charge in [-0.1, -0.05) is 74.5 Å². The average molecular weight is 327 g/mol. The van der Waals surface area contributed by atoms with Crippen molar-refractivity contribution >= 4 is 5.91 Å². The third-order valence-corrected chi connectivity index (χ3v) is 4.61. The second-order valence-electron chi connectivity index (χ2n) is 6.06. The molecule has 24 heavy (non-hydrogen) atoms. The summed E-state index contributed by atoms with van der Waals surface area (Å²) in [6.45, 7) is 3.84. The van der Waals surface area contributed by atoms with Gasteiger partial charge in [-0.15, -0.1) is 0 Å². The standard InChI is InChI=1S/C20H25NO3/c1-3-19(23,4-2)15-21-18(22)20(24,16-11-7-5-8-12-16)17-13-9-6-10-14-17/h5-14,23-24H,3-4,15H2,1-2H3,(H,21,22). The van der Waals surface area contributed by atoms with Crippen LogP contribution in [0.25, 0.3) is 0 Å². The zero-order valence-electron chi connectivity index (χ0n) is 14.2. The van der Waals surface area contributed by atoms with Gasteiger partial charge in [0.05, 0.1) is 5.60 Å². The Morgan fingerprint density at radius 2 is 1.29 bits per heavy atom. The molecule has 1 amide bonds. The molecule has 4 nitrogen and oxygen atoms in total. The lowest BCUT2D eigenvalue weighted by Gasteiger charge is -2.31. The van der Waals surface area contributed by atoms with Gasteiger partial charge in [-0.3, -0.25) is 4.79 Å². The van der Waals surface area contributed by atoms with Crippen molar-refractivity contribution in [1.29, 1.82) is 0 Å². The van der Waals surface area contributed by atoms with Gasteiger partial charge in [0.25, 0.3) is 5.91 Å². The van der Waals surface area contributed by atoms with Crippen molar-refractivity contribution in [2.45, 2.75) is 37.9 Å². The van der Waals surface area contributed by atoms with Crippen molar-refractivity contribution < 1.29 is 15.0 Å². The summed E-state index contributed by atoms with van der Waals surface area (Å²) in [4.78, 5) is 12.9. The van der Waals surface area contributed by atoms with E-state index in [1.807, 2.05) is 26.0 Å². The first-order chi connectivity index (χ1) is 11.5. The van der Waals surface area contributed by atoms with Gasteiger partial charge in [-0.2, -0.15) is 0 Å². The van der Waals surface area contributed by atoms with Gasteiger partial charge in [-0.25, -0.2) is 0 Å². The second-order valence-corrected chi connectivity index (χ2v) is 6.06. The minimum Gasteiger partial charge on any atom is -0.388 e. The number of benzene rings is 2. The molecule has 0 aliphatic carbocycles. The van der Waals surface area contributed by atoms with E-state index in [4.69, 9.17) is 0 Å². The molecule has 0 saturated heterocycles. The van der Waals surface area contributed by atoms with Gasteiger partial charge in [0.1, 0.15) is 0 Å². The van der Waals surface area contributed by atoms with Crippen LogP contribution in [-0.2, 0) is 10.4 Å². The largest absolute Gasteiger partial charge is 0.388 e. The average Bonchev–Trinajstić information content (AvgIpc) is 2.66. The second kappa shape index (κ2) is 7.60. The van der Waals surface area contributed by atoms with Gasteiger partial charge < -0.3 is 15.5 Å². The van der Waals surface area contributed by atoms with Crippen molar-refractivity contribution in [2.24, 2.45) is 0 Å². The number of rotatable bonds is 7. The molecule has 0 saturated carbocycles. The van der Waals surface area contributed by atoms with Crippen LogP contribution in [-0.4, -0.2) is 28.3 Å². The molecule has 0 bridgehead atoms. The molecule has 2 rings (SSSR count). The third kappa shape index (κ3) is 3.66. The number of amides is 1. The number of carbonyl (C=O) groups is 1. The maximum absolute atomic E-state index is 12.9. The predicted molar refractivity (Wildman–Crippen MR) is 94.4 cm³/mol. The highest BCUT2D eigenvalue weighted by Gasteiger charge is 2.40. The van der Waals surface area contributed by atoms with Crippen molar-refractivity contribution in [3.8, 4) is 0 Å². The van der Waals surface area contributed by atoms with Crippen LogP contribution >= 0.6 is 0 Å². The van der Waals surface area contributed by atoms with Gasteiger partial charge in [0.2, 0.25) is 0 Å². The lowest BCUT2D eigenvalue weighted by Crippen LogP contribution is -2.50. The molecule has 0 heterocycles. The molecule has 4 heteroatoms. The van der Waals surface area contributed by atoms with Crippen LogP contribution in [0, 0.1) is 0 Å². The highest BCUT2D eigenvalue weighted by atomic mass is 16.3. The molecular formula is C20H25NO3. The van der Waals surface area contributed by atoms with E-state index in [1.54, 1.807) is 48.5 Å². The van der Waals surface area contributed by atoms with Crippen LogP contribution in [0.1, 0.15) is 37.8 Å². The van der Waals surface area contributed by atoms with Crippen LogP contribution in [0.2, 0.25) is 0 Å². The smallest absolute Gasteiger partial charge is 0.261 e. The van der Waals surface area contributed by atoms with Crippen LogP contribution in [0.15, 0.2) is 60.7 Å². The Morgan fingerprint density at radius 3 is 1.67 bits per heavy atom. The van der Waals surface area contributed by atoms with E-state index in [-0.39, 0.29) is 6.54 Å². The maximum atomic E-state index is 12.9. The van der Waals surface area contributed by atoms with E-state index >= 15 is 0 Å². The molecule has 0 fully saturated rings. The number of nitrogens with one attached hydrogen (secondary N) is 1. The van der Waals surface area contributed by atoms with Gasteiger partial charge in [-0.05, 0) is 24.0 Å². The molecule has 2 aromatic rings. The molecule has 0 aromatic heterocycles. The zero-order chi connectivity index (χ0) is 17.6. The highest BCUT2D eigenvalue weighted by Crippen LogP contribution is 2.30. The van der Waals surface area contributed by atoms with Crippen LogP contribution < -0.4 is 5.32 Å². The Kier molecular flexibility index (Phi) is 5.75. The summed E-state index contributed by atoms with van der Waals surface area (Å²) < 4.78 is 0. The topological polar surface area (TPSA) is 69.6 Å². The molecule has 0 radical (unpaired) electrons. The summed E-state index contributed by atoms with van der Waals surface area (Å²) in [6.07, 6.45) is 1.05. The summed E-state index contributed by atoms with van der Waals surface area (Å²) in [7, 11) is 0. The fourth-order valence-corrected chi connectivity index (χ4v) is 2.66. The fourth-order valence-electron chi connectivity index (χ4n) is 2.66. The van der Waals surface area contributed by atoms with Crippen molar-refractivity contribution in [2.75, 3.05) is 6.54 Å². The Bertz CT molecular complexity index is 612. The minimum atomic E-state index is -1.80. The maximum Gasteiger partial charge on any atom is 0.261 e. The Balaban J connectivity index is 2.35. The summed E-state index contributed by atoms with van der Waals surface area (Å²) in [6, 6.07) is 17.7. The lowest BCUT2D eigenvalue weighted by molar-refractivity contribution is -0.138. The molecule has 2 aromatic carbocycles. The van der Waals surface area contributed by atoms with Crippen LogP contribution in [0.5, 0.6) is 0 Å². The minimum absolute atomic E-state index is 0.0980. The summed E-state index contributed by atoms with van der Waals surface area (Å²) in [5.74, 6) is -0.541.